The third kappa shape index (κ3) is 3.22. The van der Waals surface area contributed by atoms with E-state index >= 15 is 0 Å². The molecular formula is C20H18BrNO3. The van der Waals surface area contributed by atoms with Gasteiger partial charge in [0.25, 0.3) is 0 Å². The lowest BCUT2D eigenvalue weighted by Gasteiger charge is -2.19. The summed E-state index contributed by atoms with van der Waals surface area (Å²) in [5.41, 5.74) is 1.99. The van der Waals surface area contributed by atoms with Crippen molar-refractivity contribution >= 4 is 27.8 Å². The summed E-state index contributed by atoms with van der Waals surface area (Å²) in [7, 11) is 0. The van der Waals surface area contributed by atoms with Crippen LogP contribution in [0, 0.1) is 0 Å². The van der Waals surface area contributed by atoms with Crippen molar-refractivity contribution in [2.45, 2.75) is 19.4 Å². The molecule has 2 aromatic carbocycles. The number of benzene rings is 2. The van der Waals surface area contributed by atoms with Gasteiger partial charge in [0.15, 0.2) is 5.76 Å². The molecule has 1 saturated heterocycles. The molecule has 2 aliphatic heterocycles. The normalized spacial score (nSPS) is 18.6. The van der Waals surface area contributed by atoms with Crippen molar-refractivity contribution in [2.24, 2.45) is 0 Å². The molecule has 5 heteroatoms. The molecule has 4 nitrogen and oxygen atoms in total. The second kappa shape index (κ2) is 6.65. The van der Waals surface area contributed by atoms with E-state index in [4.69, 9.17) is 4.74 Å². The van der Waals surface area contributed by atoms with Gasteiger partial charge in [0, 0.05) is 22.9 Å². The Balaban J connectivity index is 1.68. The molecule has 1 fully saturated rings. The Bertz CT molecular complexity index is 869. The zero-order chi connectivity index (χ0) is 17.4. The summed E-state index contributed by atoms with van der Waals surface area (Å²) in [6.07, 6.45) is 4.10. The van der Waals surface area contributed by atoms with Gasteiger partial charge in [-0.2, -0.15) is 0 Å². The molecule has 4 rings (SSSR count). The van der Waals surface area contributed by atoms with Crippen molar-refractivity contribution < 1.29 is 19.5 Å². The van der Waals surface area contributed by atoms with E-state index in [1.165, 1.54) is 23.8 Å². The number of rotatable bonds is 3. The van der Waals surface area contributed by atoms with Crippen LogP contribution < -0.4 is 14.7 Å². The van der Waals surface area contributed by atoms with Crippen molar-refractivity contribution in [1.82, 2.24) is 0 Å². The van der Waals surface area contributed by atoms with E-state index in [0.717, 1.165) is 23.1 Å². The maximum absolute atomic E-state index is 12.7. The van der Waals surface area contributed by atoms with Gasteiger partial charge in [-0.1, -0.05) is 39.9 Å². The molecule has 128 valence electrons. The molecule has 0 spiro atoms. The van der Waals surface area contributed by atoms with Crippen LogP contribution in [0.15, 0.2) is 46.6 Å². The van der Waals surface area contributed by atoms with Crippen LogP contribution in [0.5, 0.6) is 11.5 Å². The number of carbonyl (C=O) groups excluding carboxylic acids is 1. The number of halogens is 1. The molecule has 0 amide bonds. The van der Waals surface area contributed by atoms with Crippen molar-refractivity contribution in [3.8, 4) is 11.5 Å². The minimum Gasteiger partial charge on any atom is -0.872 e. The van der Waals surface area contributed by atoms with Crippen LogP contribution in [0.4, 0.5) is 0 Å². The van der Waals surface area contributed by atoms with Crippen LogP contribution in [0.2, 0.25) is 0 Å². The molecule has 2 aliphatic rings. The highest BCUT2D eigenvalue weighted by Crippen LogP contribution is 2.38. The van der Waals surface area contributed by atoms with Gasteiger partial charge in [-0.25, -0.2) is 0 Å². The zero-order valence-electron chi connectivity index (χ0n) is 13.7. The second-order valence-electron chi connectivity index (χ2n) is 6.55. The number of allylic oxidation sites excluding steroid dienone is 1. The van der Waals surface area contributed by atoms with Gasteiger partial charge in [0.05, 0.1) is 18.7 Å². The Hall–Kier alpha value is -2.11. The summed E-state index contributed by atoms with van der Waals surface area (Å²) < 4.78 is 6.80. The molecule has 0 unspecified atom stereocenters. The van der Waals surface area contributed by atoms with E-state index in [1.807, 2.05) is 24.3 Å². The largest absolute Gasteiger partial charge is 0.872 e. The first-order valence-electron chi connectivity index (χ1n) is 8.48. The number of ether oxygens (including phenoxy) is 1. The zero-order valence-corrected chi connectivity index (χ0v) is 15.3. The minimum atomic E-state index is -0.160. The van der Waals surface area contributed by atoms with Gasteiger partial charge in [0.2, 0.25) is 5.78 Å². The van der Waals surface area contributed by atoms with Gasteiger partial charge in [-0.3, -0.25) is 4.79 Å². The standard InChI is InChI=1S/C20H18BrNO3/c21-14-5-3-4-13(10-14)11-18-19(24)15-6-7-17(23)16(20(15)25-18)12-22-8-1-2-9-22/h3-7,10-11,23H,1-2,8-9,12H2. The number of hydrogen-bond donors (Lipinski definition) is 1. The van der Waals surface area contributed by atoms with E-state index in [9.17, 15) is 9.90 Å². The fraction of sp³-hybridized carbons (Fsp3) is 0.250. The monoisotopic (exact) mass is 399 g/mol. The van der Waals surface area contributed by atoms with Crippen LogP contribution in [0.25, 0.3) is 6.08 Å². The number of likely N-dealkylation sites (tertiary alicyclic amines) is 1. The predicted molar refractivity (Wildman–Crippen MR) is 96.6 cm³/mol. The summed E-state index contributed by atoms with van der Waals surface area (Å²) in [5.74, 6) is 0.525. The lowest BCUT2D eigenvalue weighted by Crippen LogP contribution is -3.08. The predicted octanol–water partition coefficient (Wildman–Crippen LogP) is 2.32. The van der Waals surface area contributed by atoms with Crippen LogP contribution in [-0.4, -0.2) is 18.9 Å². The molecule has 0 atom stereocenters. The Morgan fingerprint density at radius 1 is 1.20 bits per heavy atom. The molecule has 0 radical (unpaired) electrons. The Morgan fingerprint density at radius 3 is 2.76 bits per heavy atom. The summed E-state index contributed by atoms with van der Waals surface area (Å²) in [5, 5.41) is 12.4. The van der Waals surface area contributed by atoms with Crippen molar-refractivity contribution in [3.05, 3.63) is 63.3 Å². The van der Waals surface area contributed by atoms with E-state index < -0.39 is 0 Å². The third-order valence-electron chi connectivity index (χ3n) is 4.78. The second-order valence-corrected chi connectivity index (χ2v) is 7.46. The molecule has 2 aromatic rings. The van der Waals surface area contributed by atoms with Crippen molar-refractivity contribution in [1.29, 1.82) is 0 Å². The first-order chi connectivity index (χ1) is 12.1. The number of carbonyl (C=O) groups is 1. The van der Waals surface area contributed by atoms with E-state index in [0.29, 0.717) is 23.4 Å². The van der Waals surface area contributed by atoms with E-state index in [1.54, 1.807) is 12.1 Å². The van der Waals surface area contributed by atoms with Crippen LogP contribution in [0.3, 0.4) is 0 Å². The van der Waals surface area contributed by atoms with Gasteiger partial charge in [0.1, 0.15) is 12.3 Å². The lowest BCUT2D eigenvalue weighted by molar-refractivity contribution is -0.901. The quantitative estimate of drug-likeness (QED) is 0.805. The summed E-state index contributed by atoms with van der Waals surface area (Å²) in [6.45, 7) is 2.76. The topological polar surface area (TPSA) is 53.8 Å². The van der Waals surface area contributed by atoms with Gasteiger partial charge < -0.3 is 14.7 Å². The average molecular weight is 400 g/mol. The average Bonchev–Trinajstić information content (AvgIpc) is 3.20. The Labute approximate surface area is 154 Å². The number of hydrogen-bond acceptors (Lipinski definition) is 3. The maximum Gasteiger partial charge on any atom is 0.231 e. The summed E-state index contributed by atoms with van der Waals surface area (Å²) in [6, 6.07) is 10.7. The van der Waals surface area contributed by atoms with Gasteiger partial charge >= 0.3 is 0 Å². The van der Waals surface area contributed by atoms with Gasteiger partial charge in [-0.15, -0.1) is 0 Å². The maximum atomic E-state index is 12.7. The number of quaternary nitrogens is 1. The number of ketones is 1. The fourth-order valence-corrected chi connectivity index (χ4v) is 3.92. The first-order valence-corrected chi connectivity index (χ1v) is 9.27. The number of nitrogens with one attached hydrogen (secondary N) is 1. The smallest absolute Gasteiger partial charge is 0.231 e. The molecule has 0 saturated carbocycles. The number of Topliss-reactive ketones (excluding diaryl/α,β-unsaturated/α-hetero) is 1. The third-order valence-corrected chi connectivity index (χ3v) is 5.28. The summed E-state index contributed by atoms with van der Waals surface area (Å²) in [4.78, 5) is 14.1. The molecule has 1 N–H and O–H groups in total. The highest BCUT2D eigenvalue weighted by Gasteiger charge is 2.31. The highest BCUT2D eigenvalue weighted by atomic mass is 79.9. The first kappa shape index (κ1) is 16.4. The molecule has 0 bridgehead atoms. The number of fused-ring (bicyclic) bond motifs is 1. The fourth-order valence-electron chi connectivity index (χ4n) is 3.51. The lowest BCUT2D eigenvalue weighted by atomic mass is 10.0. The Kier molecular flexibility index (Phi) is 4.36. The van der Waals surface area contributed by atoms with E-state index in [-0.39, 0.29) is 17.3 Å². The molecule has 25 heavy (non-hydrogen) atoms. The highest BCUT2D eigenvalue weighted by molar-refractivity contribution is 9.10. The van der Waals surface area contributed by atoms with Crippen LogP contribution in [0.1, 0.15) is 34.3 Å². The molecule has 2 heterocycles. The van der Waals surface area contributed by atoms with Crippen molar-refractivity contribution in [3.63, 3.8) is 0 Å². The Morgan fingerprint density at radius 2 is 2.00 bits per heavy atom. The minimum absolute atomic E-state index is 0.0466. The van der Waals surface area contributed by atoms with Gasteiger partial charge in [-0.05, 0) is 29.8 Å². The molecule has 0 aromatic heterocycles. The molecular weight excluding hydrogens is 382 g/mol. The van der Waals surface area contributed by atoms with Crippen LogP contribution >= 0.6 is 15.9 Å². The van der Waals surface area contributed by atoms with Crippen LogP contribution in [-0.2, 0) is 6.54 Å². The SMILES string of the molecule is O=C1C(=Cc2cccc(Br)c2)Oc2c1ccc([O-])c2C[NH+]1CCCC1. The summed E-state index contributed by atoms with van der Waals surface area (Å²) >= 11 is 3.43. The van der Waals surface area contributed by atoms with Crippen molar-refractivity contribution in [2.75, 3.05) is 13.1 Å². The van der Waals surface area contributed by atoms with E-state index in [2.05, 4.69) is 15.9 Å². The molecule has 0 aliphatic carbocycles.